The fourth-order valence-corrected chi connectivity index (χ4v) is 3.99. The van der Waals surface area contributed by atoms with E-state index in [1.165, 1.54) is 11.3 Å². The minimum absolute atomic E-state index is 0.224. The molecular weight excluding hydrogens is 330 g/mol. The summed E-state index contributed by atoms with van der Waals surface area (Å²) in [5.41, 5.74) is 8.07. The molecule has 0 spiro atoms. The molecule has 1 unspecified atom stereocenters. The molecule has 4 aromatic rings. The fourth-order valence-electron chi connectivity index (χ4n) is 2.29. The Bertz CT molecular complexity index is 944. The van der Waals surface area contributed by atoms with Crippen LogP contribution < -0.4 is 10.5 Å². The van der Waals surface area contributed by atoms with E-state index in [-0.39, 0.29) is 6.04 Å². The SMILES string of the molecule is COc1cncc(-c2cnc3sc(C(N)c4cccs4)nn23)c1. The van der Waals surface area contributed by atoms with E-state index in [1.54, 1.807) is 37.0 Å². The average molecular weight is 343 g/mol. The Morgan fingerprint density at radius 1 is 1.30 bits per heavy atom. The topological polar surface area (TPSA) is 78.3 Å². The van der Waals surface area contributed by atoms with Gasteiger partial charge in [-0.3, -0.25) is 4.98 Å². The first-order chi connectivity index (χ1) is 11.3. The molecule has 1 atom stereocenters. The van der Waals surface area contributed by atoms with Gasteiger partial charge in [-0.15, -0.1) is 11.3 Å². The zero-order valence-corrected chi connectivity index (χ0v) is 13.8. The first-order valence-corrected chi connectivity index (χ1v) is 8.59. The first-order valence-electron chi connectivity index (χ1n) is 6.89. The van der Waals surface area contributed by atoms with Gasteiger partial charge in [0.1, 0.15) is 10.8 Å². The van der Waals surface area contributed by atoms with Gasteiger partial charge < -0.3 is 10.5 Å². The van der Waals surface area contributed by atoms with Gasteiger partial charge in [0.2, 0.25) is 4.96 Å². The lowest BCUT2D eigenvalue weighted by Gasteiger charge is -2.04. The molecule has 0 aliphatic carbocycles. The van der Waals surface area contributed by atoms with Crippen molar-refractivity contribution in [3.63, 3.8) is 0 Å². The first kappa shape index (κ1) is 14.3. The molecule has 0 aliphatic rings. The summed E-state index contributed by atoms with van der Waals surface area (Å²) >= 11 is 3.13. The third-order valence-corrected chi connectivity index (χ3v) is 5.42. The standard InChI is InChI=1S/C15H13N5OS2/c1-21-10-5-9(6-17-7-10)11-8-18-15-20(11)19-14(23-15)13(16)12-3-2-4-22-12/h2-8,13H,16H2,1H3. The van der Waals surface area contributed by atoms with Crippen molar-refractivity contribution in [2.75, 3.05) is 7.11 Å². The van der Waals surface area contributed by atoms with E-state index in [1.807, 2.05) is 28.1 Å². The number of nitrogens with zero attached hydrogens (tertiary/aromatic N) is 4. The van der Waals surface area contributed by atoms with Crippen molar-refractivity contribution < 1.29 is 4.74 Å². The predicted molar refractivity (Wildman–Crippen MR) is 91.0 cm³/mol. The third kappa shape index (κ3) is 2.50. The van der Waals surface area contributed by atoms with Crippen LogP contribution in [-0.4, -0.2) is 26.7 Å². The van der Waals surface area contributed by atoms with Crippen LogP contribution >= 0.6 is 22.7 Å². The molecule has 6 nitrogen and oxygen atoms in total. The normalized spacial score (nSPS) is 12.6. The molecule has 4 aromatic heterocycles. The van der Waals surface area contributed by atoms with E-state index in [0.717, 1.165) is 26.1 Å². The highest BCUT2D eigenvalue weighted by Crippen LogP contribution is 2.30. The van der Waals surface area contributed by atoms with Gasteiger partial charge >= 0.3 is 0 Å². The molecule has 4 heterocycles. The number of imidazole rings is 1. The summed E-state index contributed by atoms with van der Waals surface area (Å²) in [5, 5.41) is 7.50. The Labute approximate surface area is 140 Å². The molecule has 8 heteroatoms. The van der Waals surface area contributed by atoms with Crippen LogP contribution in [-0.2, 0) is 0 Å². The van der Waals surface area contributed by atoms with Crippen molar-refractivity contribution in [3.8, 4) is 17.0 Å². The Hall–Kier alpha value is -2.29. The van der Waals surface area contributed by atoms with Gasteiger partial charge in [-0.25, -0.2) is 9.50 Å². The van der Waals surface area contributed by atoms with Gasteiger partial charge in [0.05, 0.1) is 31.2 Å². The Morgan fingerprint density at radius 2 is 2.22 bits per heavy atom. The van der Waals surface area contributed by atoms with Gasteiger partial charge in [0, 0.05) is 16.6 Å². The Kier molecular flexibility index (Phi) is 3.56. The number of methoxy groups -OCH3 is 1. The van der Waals surface area contributed by atoms with Crippen molar-refractivity contribution in [1.29, 1.82) is 0 Å². The van der Waals surface area contributed by atoms with E-state index in [0.29, 0.717) is 5.75 Å². The Morgan fingerprint density at radius 3 is 3.00 bits per heavy atom. The molecule has 0 aliphatic heterocycles. The highest BCUT2D eigenvalue weighted by Gasteiger charge is 2.18. The molecule has 0 fully saturated rings. The molecule has 0 bridgehead atoms. The minimum Gasteiger partial charge on any atom is -0.495 e. The summed E-state index contributed by atoms with van der Waals surface area (Å²) < 4.78 is 7.04. The van der Waals surface area contributed by atoms with E-state index in [4.69, 9.17) is 10.5 Å². The lowest BCUT2D eigenvalue weighted by molar-refractivity contribution is 0.413. The van der Waals surface area contributed by atoms with Gasteiger partial charge in [0.25, 0.3) is 0 Å². The number of pyridine rings is 1. The predicted octanol–water partition coefficient (Wildman–Crippen LogP) is 2.97. The van der Waals surface area contributed by atoms with E-state index in [2.05, 4.69) is 15.1 Å². The minimum atomic E-state index is -0.224. The summed E-state index contributed by atoms with van der Waals surface area (Å²) in [6.07, 6.45) is 5.22. The maximum atomic E-state index is 6.30. The zero-order chi connectivity index (χ0) is 15.8. The van der Waals surface area contributed by atoms with E-state index in [9.17, 15) is 0 Å². The quantitative estimate of drug-likeness (QED) is 0.616. The third-order valence-electron chi connectivity index (χ3n) is 3.46. The summed E-state index contributed by atoms with van der Waals surface area (Å²) in [5.74, 6) is 0.697. The maximum Gasteiger partial charge on any atom is 0.212 e. The highest BCUT2D eigenvalue weighted by atomic mass is 32.1. The number of thiophene rings is 1. The molecular formula is C15H13N5OS2. The molecule has 0 amide bonds. The van der Waals surface area contributed by atoms with Crippen molar-refractivity contribution in [3.05, 3.63) is 52.1 Å². The number of fused-ring (bicyclic) bond motifs is 1. The second-order valence-electron chi connectivity index (χ2n) is 4.88. The Balaban J connectivity index is 1.77. The molecule has 23 heavy (non-hydrogen) atoms. The zero-order valence-electron chi connectivity index (χ0n) is 12.2. The second-order valence-corrected chi connectivity index (χ2v) is 6.85. The van der Waals surface area contributed by atoms with Crippen LogP contribution in [0.3, 0.4) is 0 Å². The van der Waals surface area contributed by atoms with Crippen molar-refractivity contribution in [1.82, 2.24) is 19.6 Å². The van der Waals surface area contributed by atoms with Crippen molar-refractivity contribution in [2.45, 2.75) is 6.04 Å². The molecule has 0 aromatic carbocycles. The monoisotopic (exact) mass is 343 g/mol. The number of rotatable bonds is 4. The number of hydrogen-bond acceptors (Lipinski definition) is 7. The van der Waals surface area contributed by atoms with Crippen LogP contribution in [0.15, 0.2) is 42.2 Å². The molecule has 0 radical (unpaired) electrons. The molecule has 0 saturated heterocycles. The summed E-state index contributed by atoms with van der Waals surface area (Å²) in [6.45, 7) is 0. The summed E-state index contributed by atoms with van der Waals surface area (Å²) in [7, 11) is 1.62. The van der Waals surface area contributed by atoms with Crippen LogP contribution in [0.4, 0.5) is 0 Å². The van der Waals surface area contributed by atoms with Crippen molar-refractivity contribution >= 4 is 27.6 Å². The number of nitrogens with two attached hydrogens (primary N) is 1. The smallest absolute Gasteiger partial charge is 0.212 e. The summed E-state index contributed by atoms with van der Waals surface area (Å²) in [6, 6.07) is 5.70. The fraction of sp³-hybridized carbons (Fsp3) is 0.133. The lowest BCUT2D eigenvalue weighted by atomic mass is 10.2. The highest BCUT2D eigenvalue weighted by molar-refractivity contribution is 7.17. The second kappa shape index (κ2) is 5.73. The van der Waals surface area contributed by atoms with Crippen LogP contribution in [0.1, 0.15) is 15.9 Å². The van der Waals surface area contributed by atoms with Crippen LogP contribution in [0.2, 0.25) is 0 Å². The molecule has 116 valence electrons. The van der Waals surface area contributed by atoms with E-state index < -0.39 is 0 Å². The number of aromatic nitrogens is 4. The number of ether oxygens (including phenoxy) is 1. The molecule has 2 N–H and O–H groups in total. The average Bonchev–Trinajstić information content (AvgIpc) is 3.30. The van der Waals surface area contributed by atoms with Gasteiger partial charge in [-0.2, -0.15) is 5.10 Å². The van der Waals surface area contributed by atoms with Gasteiger partial charge in [-0.05, 0) is 17.5 Å². The van der Waals surface area contributed by atoms with Crippen LogP contribution in [0.25, 0.3) is 16.2 Å². The summed E-state index contributed by atoms with van der Waals surface area (Å²) in [4.78, 5) is 10.5. The van der Waals surface area contributed by atoms with Crippen LogP contribution in [0, 0.1) is 0 Å². The van der Waals surface area contributed by atoms with Crippen molar-refractivity contribution in [2.24, 2.45) is 5.73 Å². The van der Waals surface area contributed by atoms with Crippen LogP contribution in [0.5, 0.6) is 5.75 Å². The molecule has 4 rings (SSSR count). The van der Waals surface area contributed by atoms with Gasteiger partial charge in [0.15, 0.2) is 0 Å². The maximum absolute atomic E-state index is 6.30. The molecule has 0 saturated carbocycles. The lowest BCUT2D eigenvalue weighted by Crippen LogP contribution is -2.10. The largest absolute Gasteiger partial charge is 0.495 e. The number of hydrogen-bond donors (Lipinski definition) is 1. The van der Waals surface area contributed by atoms with E-state index >= 15 is 0 Å². The van der Waals surface area contributed by atoms with Gasteiger partial charge in [-0.1, -0.05) is 17.4 Å².